The number of hydrogen-bond donors (Lipinski definition) is 0. The summed E-state index contributed by atoms with van der Waals surface area (Å²) in [4.78, 5) is 20.6. The minimum absolute atomic E-state index is 0.00819. The molecule has 1 aliphatic carbocycles. The summed E-state index contributed by atoms with van der Waals surface area (Å²) >= 11 is 1.76. The van der Waals surface area contributed by atoms with Gasteiger partial charge in [-0.1, -0.05) is 0 Å². The van der Waals surface area contributed by atoms with E-state index in [-0.39, 0.29) is 12.0 Å². The normalized spacial score (nSPS) is 18.9. The second-order valence-electron chi connectivity index (χ2n) is 7.32. The van der Waals surface area contributed by atoms with Crippen molar-refractivity contribution in [2.75, 3.05) is 20.3 Å². The Morgan fingerprint density at radius 3 is 2.81 bits per heavy atom. The van der Waals surface area contributed by atoms with Crippen LogP contribution in [0.1, 0.15) is 51.6 Å². The molecule has 0 spiro atoms. The van der Waals surface area contributed by atoms with Gasteiger partial charge in [0.1, 0.15) is 17.4 Å². The number of aromatic nitrogens is 1. The van der Waals surface area contributed by atoms with Crippen LogP contribution < -0.4 is 4.74 Å². The number of aryl methyl sites for hydroxylation is 2. The topological polar surface area (TPSA) is 51.7 Å². The van der Waals surface area contributed by atoms with Gasteiger partial charge in [-0.3, -0.25) is 4.79 Å². The van der Waals surface area contributed by atoms with Crippen molar-refractivity contribution in [1.29, 1.82) is 0 Å². The van der Waals surface area contributed by atoms with E-state index in [0.29, 0.717) is 18.7 Å². The summed E-state index contributed by atoms with van der Waals surface area (Å²) in [5.74, 6) is 0.783. The van der Waals surface area contributed by atoms with Crippen LogP contribution in [0.3, 0.4) is 0 Å². The van der Waals surface area contributed by atoms with Crippen LogP contribution in [0.25, 0.3) is 0 Å². The zero-order valence-electron chi connectivity index (χ0n) is 15.8. The standard InChI is InChI=1S/C21H26N2O3S/c1-23(13-20-22-18-6-2-3-7-19(18)27-20)21(24)15-8-10-16(11-9-15)26-14-17-5-4-12-25-17/h8-11,17H,2-7,12-14H2,1H3. The number of fused-ring (bicyclic) bond motifs is 1. The number of amides is 1. The molecule has 2 aliphatic rings. The summed E-state index contributed by atoms with van der Waals surface area (Å²) in [5.41, 5.74) is 1.91. The Kier molecular flexibility index (Phi) is 5.74. The number of carbonyl (C=O) groups excluding carboxylic acids is 1. The average Bonchev–Trinajstić information content (AvgIpc) is 3.35. The molecule has 6 heteroatoms. The van der Waals surface area contributed by atoms with Crippen LogP contribution in [0.5, 0.6) is 5.75 Å². The summed E-state index contributed by atoms with van der Waals surface area (Å²) in [6.07, 6.45) is 7.06. The van der Waals surface area contributed by atoms with Gasteiger partial charge in [0.15, 0.2) is 0 Å². The lowest BCUT2D eigenvalue weighted by Gasteiger charge is -2.16. The molecule has 5 nitrogen and oxygen atoms in total. The SMILES string of the molecule is CN(Cc1nc2c(s1)CCCC2)C(=O)c1ccc(OCC2CCCO2)cc1. The molecule has 2 heterocycles. The van der Waals surface area contributed by atoms with E-state index in [1.807, 2.05) is 31.3 Å². The predicted octanol–water partition coefficient (Wildman–Crippen LogP) is 3.85. The van der Waals surface area contributed by atoms with Gasteiger partial charge in [-0.2, -0.15) is 0 Å². The first-order valence-corrected chi connectivity index (χ1v) is 10.6. The van der Waals surface area contributed by atoms with Crippen molar-refractivity contribution in [2.24, 2.45) is 0 Å². The van der Waals surface area contributed by atoms with Crippen LogP contribution in [0, 0.1) is 0 Å². The molecule has 1 atom stereocenters. The molecule has 0 N–H and O–H groups in total. The van der Waals surface area contributed by atoms with Gasteiger partial charge in [0.2, 0.25) is 0 Å². The van der Waals surface area contributed by atoms with Gasteiger partial charge < -0.3 is 14.4 Å². The van der Waals surface area contributed by atoms with Crippen LogP contribution in [-0.2, 0) is 24.1 Å². The maximum atomic E-state index is 12.7. The van der Waals surface area contributed by atoms with Gasteiger partial charge >= 0.3 is 0 Å². The number of thiazole rings is 1. The quantitative estimate of drug-likeness (QED) is 0.757. The number of carbonyl (C=O) groups is 1. The summed E-state index contributed by atoms with van der Waals surface area (Å²) < 4.78 is 11.3. The van der Waals surface area contributed by atoms with Gasteiger partial charge in [-0.15, -0.1) is 11.3 Å². The molecule has 0 bridgehead atoms. The largest absolute Gasteiger partial charge is 0.491 e. The van der Waals surface area contributed by atoms with Crippen molar-refractivity contribution in [3.05, 3.63) is 45.4 Å². The van der Waals surface area contributed by atoms with E-state index < -0.39 is 0 Å². The summed E-state index contributed by atoms with van der Waals surface area (Å²) in [7, 11) is 1.84. The maximum absolute atomic E-state index is 12.7. The molecule has 27 heavy (non-hydrogen) atoms. The van der Waals surface area contributed by atoms with E-state index in [0.717, 1.165) is 43.0 Å². The van der Waals surface area contributed by atoms with Gasteiger partial charge in [-0.05, 0) is 62.8 Å². The van der Waals surface area contributed by atoms with E-state index in [2.05, 4.69) is 0 Å². The molecule has 0 radical (unpaired) electrons. The van der Waals surface area contributed by atoms with E-state index in [4.69, 9.17) is 14.5 Å². The minimum Gasteiger partial charge on any atom is -0.491 e. The van der Waals surface area contributed by atoms with E-state index in [1.165, 1.54) is 23.4 Å². The molecule has 2 aromatic rings. The first-order chi connectivity index (χ1) is 13.2. The first kappa shape index (κ1) is 18.4. The average molecular weight is 387 g/mol. The lowest BCUT2D eigenvalue weighted by Crippen LogP contribution is -2.26. The highest BCUT2D eigenvalue weighted by molar-refractivity contribution is 7.11. The van der Waals surface area contributed by atoms with Gasteiger partial charge in [-0.25, -0.2) is 4.98 Å². The monoisotopic (exact) mass is 386 g/mol. The zero-order chi connectivity index (χ0) is 18.6. The molecule has 1 fully saturated rings. The maximum Gasteiger partial charge on any atom is 0.253 e. The number of nitrogens with zero attached hydrogens (tertiary/aromatic N) is 2. The molecule has 1 saturated heterocycles. The van der Waals surface area contributed by atoms with Gasteiger partial charge in [0, 0.05) is 24.1 Å². The third kappa shape index (κ3) is 4.50. The first-order valence-electron chi connectivity index (χ1n) is 9.76. The molecule has 1 aromatic carbocycles. The van der Waals surface area contributed by atoms with Crippen LogP contribution in [-0.4, -0.2) is 42.2 Å². The Bertz CT molecular complexity index is 758. The third-order valence-electron chi connectivity index (χ3n) is 5.17. The highest BCUT2D eigenvalue weighted by Gasteiger charge is 2.19. The molecule has 0 saturated carbocycles. The highest BCUT2D eigenvalue weighted by Crippen LogP contribution is 2.27. The third-order valence-corrected chi connectivity index (χ3v) is 6.31. The Morgan fingerprint density at radius 2 is 2.07 bits per heavy atom. The van der Waals surface area contributed by atoms with E-state index in [9.17, 15) is 4.79 Å². The molecular weight excluding hydrogens is 360 g/mol. The zero-order valence-corrected chi connectivity index (χ0v) is 16.6. The van der Waals surface area contributed by atoms with Crippen molar-refractivity contribution in [3.63, 3.8) is 0 Å². The Morgan fingerprint density at radius 1 is 1.26 bits per heavy atom. The van der Waals surface area contributed by atoms with Gasteiger partial charge in [0.25, 0.3) is 5.91 Å². The number of ether oxygens (including phenoxy) is 2. The molecule has 4 rings (SSSR count). The second-order valence-corrected chi connectivity index (χ2v) is 8.48. The summed E-state index contributed by atoms with van der Waals surface area (Å²) in [6.45, 7) is 1.96. The van der Waals surface area contributed by atoms with Crippen LogP contribution in [0.2, 0.25) is 0 Å². The summed E-state index contributed by atoms with van der Waals surface area (Å²) in [6, 6.07) is 7.38. The van der Waals surface area contributed by atoms with E-state index >= 15 is 0 Å². The van der Waals surface area contributed by atoms with Crippen LogP contribution in [0.4, 0.5) is 0 Å². The molecule has 144 valence electrons. The predicted molar refractivity (Wildman–Crippen MR) is 105 cm³/mol. The number of rotatable bonds is 6. The fourth-order valence-electron chi connectivity index (χ4n) is 3.63. The number of benzene rings is 1. The van der Waals surface area contributed by atoms with Crippen molar-refractivity contribution < 1.29 is 14.3 Å². The van der Waals surface area contributed by atoms with Crippen molar-refractivity contribution >= 4 is 17.2 Å². The fraction of sp³-hybridized carbons (Fsp3) is 0.524. The lowest BCUT2D eigenvalue weighted by atomic mass is 10.0. The molecule has 1 aliphatic heterocycles. The van der Waals surface area contributed by atoms with E-state index in [1.54, 1.807) is 16.2 Å². The summed E-state index contributed by atoms with van der Waals surface area (Å²) in [5, 5.41) is 1.04. The molecule has 1 amide bonds. The van der Waals surface area contributed by atoms with Crippen LogP contribution >= 0.6 is 11.3 Å². The smallest absolute Gasteiger partial charge is 0.253 e. The molecule has 1 unspecified atom stereocenters. The minimum atomic E-state index is 0.00819. The Balaban J connectivity index is 1.33. The number of hydrogen-bond acceptors (Lipinski definition) is 5. The highest BCUT2D eigenvalue weighted by atomic mass is 32.1. The van der Waals surface area contributed by atoms with Crippen molar-refractivity contribution in [1.82, 2.24) is 9.88 Å². The Hall–Kier alpha value is -1.92. The van der Waals surface area contributed by atoms with Crippen LogP contribution in [0.15, 0.2) is 24.3 Å². The fourth-order valence-corrected chi connectivity index (χ4v) is 4.84. The molecular formula is C21H26N2O3S. The lowest BCUT2D eigenvalue weighted by molar-refractivity contribution is 0.0679. The Labute approximate surface area is 164 Å². The van der Waals surface area contributed by atoms with Crippen molar-refractivity contribution in [2.45, 2.75) is 51.2 Å². The van der Waals surface area contributed by atoms with Crippen molar-refractivity contribution in [3.8, 4) is 5.75 Å². The molecule has 1 aromatic heterocycles. The second kappa shape index (κ2) is 8.40. The van der Waals surface area contributed by atoms with Gasteiger partial charge in [0.05, 0.1) is 18.3 Å².